The molecule has 2 fully saturated rings. The van der Waals surface area contributed by atoms with Crippen LogP contribution in [0.5, 0.6) is 0 Å². The van der Waals surface area contributed by atoms with E-state index >= 15 is 0 Å². The van der Waals surface area contributed by atoms with Gasteiger partial charge >= 0.3 is 0 Å². The lowest BCUT2D eigenvalue weighted by atomic mass is 10.1. The Hall–Kier alpha value is -1.40. The molecule has 0 N–H and O–H groups in total. The molecule has 0 spiro atoms. The van der Waals surface area contributed by atoms with Gasteiger partial charge in [-0.3, -0.25) is 0 Å². The number of rotatable bonds is 6. The molecule has 0 bridgehead atoms. The fourth-order valence-electron chi connectivity index (χ4n) is 3.39. The van der Waals surface area contributed by atoms with E-state index in [4.69, 9.17) is 14.5 Å². The minimum atomic E-state index is 0.585. The second-order valence-electron chi connectivity index (χ2n) is 6.90. The van der Waals surface area contributed by atoms with Crippen LogP contribution in [-0.2, 0) is 9.47 Å². The first-order valence-corrected chi connectivity index (χ1v) is 8.55. The summed E-state index contributed by atoms with van der Waals surface area (Å²) >= 11 is 0. The van der Waals surface area contributed by atoms with E-state index in [1.807, 2.05) is 6.20 Å². The number of ether oxygens (including phenoxy) is 2. The molecule has 0 saturated carbocycles. The van der Waals surface area contributed by atoms with Crippen molar-refractivity contribution in [1.29, 1.82) is 0 Å². The van der Waals surface area contributed by atoms with Gasteiger partial charge in [-0.15, -0.1) is 0 Å². The van der Waals surface area contributed by atoms with E-state index in [0.717, 1.165) is 69.7 Å². The quantitative estimate of drug-likeness (QED) is 0.796. The van der Waals surface area contributed by atoms with E-state index in [1.165, 1.54) is 0 Å². The average molecular weight is 320 g/mol. The van der Waals surface area contributed by atoms with Crippen molar-refractivity contribution in [3.8, 4) is 0 Å². The summed E-state index contributed by atoms with van der Waals surface area (Å²) < 4.78 is 10.9. The highest BCUT2D eigenvalue weighted by Crippen LogP contribution is 2.23. The maximum absolute atomic E-state index is 5.48. The first-order valence-electron chi connectivity index (χ1n) is 8.55. The average Bonchev–Trinajstić information content (AvgIpc) is 3.21. The zero-order valence-electron chi connectivity index (χ0n) is 14.5. The van der Waals surface area contributed by atoms with Crippen molar-refractivity contribution in [1.82, 2.24) is 9.97 Å². The van der Waals surface area contributed by atoms with Crippen LogP contribution in [0.4, 0.5) is 11.8 Å². The second kappa shape index (κ2) is 7.45. The zero-order valence-corrected chi connectivity index (χ0v) is 14.5. The Bertz CT molecular complexity index is 513. The van der Waals surface area contributed by atoms with Crippen LogP contribution in [0.15, 0.2) is 6.20 Å². The van der Waals surface area contributed by atoms with E-state index in [0.29, 0.717) is 11.8 Å². The Morgan fingerprint density at radius 3 is 2.22 bits per heavy atom. The summed E-state index contributed by atoms with van der Waals surface area (Å²) in [6, 6.07) is 0. The Morgan fingerprint density at radius 2 is 1.65 bits per heavy atom. The normalized spacial score (nSPS) is 24.1. The smallest absolute Gasteiger partial charge is 0.227 e. The number of anilines is 2. The van der Waals surface area contributed by atoms with Gasteiger partial charge in [0.2, 0.25) is 5.95 Å². The van der Waals surface area contributed by atoms with E-state index in [-0.39, 0.29) is 0 Å². The maximum Gasteiger partial charge on any atom is 0.227 e. The fraction of sp³-hybridized carbons (Fsp3) is 0.765. The standard InChI is InChI=1S/C17H28N4O2/c1-13-8-18-17(21(3)10-15-5-7-23-12-15)19-16(13)20(2)9-14-4-6-22-11-14/h8,14-15H,4-7,9-12H2,1-3H3/t14-,15+/m1/s1. The van der Waals surface area contributed by atoms with Crippen molar-refractivity contribution in [3.63, 3.8) is 0 Å². The van der Waals surface area contributed by atoms with Gasteiger partial charge < -0.3 is 19.3 Å². The highest BCUT2D eigenvalue weighted by Gasteiger charge is 2.21. The van der Waals surface area contributed by atoms with Crippen LogP contribution in [0.3, 0.4) is 0 Å². The Labute approximate surface area is 138 Å². The van der Waals surface area contributed by atoms with E-state index in [9.17, 15) is 0 Å². The van der Waals surface area contributed by atoms with Crippen LogP contribution < -0.4 is 9.80 Å². The second-order valence-corrected chi connectivity index (χ2v) is 6.90. The third-order valence-corrected chi connectivity index (χ3v) is 4.75. The number of nitrogens with zero attached hydrogens (tertiary/aromatic N) is 4. The molecule has 0 radical (unpaired) electrons. The Kier molecular flexibility index (Phi) is 5.33. The lowest BCUT2D eigenvalue weighted by Gasteiger charge is -2.25. The molecule has 2 atom stereocenters. The van der Waals surface area contributed by atoms with Crippen molar-refractivity contribution < 1.29 is 9.47 Å². The number of aryl methyl sites for hydroxylation is 1. The van der Waals surface area contributed by atoms with Gasteiger partial charge in [0, 0.05) is 64.0 Å². The molecular weight excluding hydrogens is 292 g/mol. The molecular formula is C17H28N4O2. The number of hydrogen-bond acceptors (Lipinski definition) is 6. The van der Waals surface area contributed by atoms with E-state index in [1.54, 1.807) is 0 Å². The minimum absolute atomic E-state index is 0.585. The van der Waals surface area contributed by atoms with Gasteiger partial charge in [0.05, 0.1) is 13.2 Å². The molecule has 6 heteroatoms. The van der Waals surface area contributed by atoms with Gasteiger partial charge in [0.1, 0.15) is 5.82 Å². The molecule has 0 unspecified atom stereocenters. The lowest BCUT2D eigenvalue weighted by Crippen LogP contribution is -2.30. The summed E-state index contributed by atoms with van der Waals surface area (Å²) in [5, 5.41) is 0. The molecule has 2 aliphatic heterocycles. The van der Waals surface area contributed by atoms with Crippen molar-refractivity contribution in [3.05, 3.63) is 11.8 Å². The summed E-state index contributed by atoms with van der Waals surface area (Å²) in [7, 11) is 4.18. The molecule has 6 nitrogen and oxygen atoms in total. The fourth-order valence-corrected chi connectivity index (χ4v) is 3.39. The molecule has 23 heavy (non-hydrogen) atoms. The van der Waals surface area contributed by atoms with Crippen LogP contribution >= 0.6 is 0 Å². The third kappa shape index (κ3) is 4.12. The molecule has 2 aliphatic rings. The molecule has 3 heterocycles. The van der Waals surface area contributed by atoms with Gasteiger partial charge in [-0.05, 0) is 19.8 Å². The maximum atomic E-state index is 5.48. The number of hydrogen-bond donors (Lipinski definition) is 0. The monoisotopic (exact) mass is 320 g/mol. The molecule has 1 aromatic heterocycles. The summed E-state index contributed by atoms with van der Waals surface area (Å²) in [4.78, 5) is 13.7. The summed E-state index contributed by atoms with van der Waals surface area (Å²) in [5.74, 6) is 3.01. The third-order valence-electron chi connectivity index (χ3n) is 4.75. The first kappa shape index (κ1) is 16.5. The highest BCUT2D eigenvalue weighted by atomic mass is 16.5. The molecule has 3 rings (SSSR count). The van der Waals surface area contributed by atoms with Gasteiger partial charge in [0.15, 0.2) is 0 Å². The minimum Gasteiger partial charge on any atom is -0.381 e. The predicted octanol–water partition coefficient (Wildman–Crippen LogP) is 1.73. The van der Waals surface area contributed by atoms with Crippen LogP contribution in [-0.4, -0.2) is 63.6 Å². The van der Waals surface area contributed by atoms with Crippen molar-refractivity contribution in [2.45, 2.75) is 19.8 Å². The zero-order chi connectivity index (χ0) is 16.2. The summed E-state index contributed by atoms with van der Waals surface area (Å²) in [6.07, 6.45) is 4.20. The van der Waals surface area contributed by atoms with Crippen molar-refractivity contribution in [2.24, 2.45) is 11.8 Å². The largest absolute Gasteiger partial charge is 0.381 e. The van der Waals surface area contributed by atoms with Crippen molar-refractivity contribution in [2.75, 3.05) is 63.4 Å². The predicted molar refractivity (Wildman–Crippen MR) is 91.2 cm³/mol. The summed E-state index contributed by atoms with van der Waals surface area (Å²) in [6.45, 7) is 7.49. The lowest BCUT2D eigenvalue weighted by molar-refractivity contribution is 0.186. The molecule has 128 valence electrons. The van der Waals surface area contributed by atoms with Gasteiger partial charge in [-0.2, -0.15) is 4.98 Å². The van der Waals surface area contributed by atoms with Gasteiger partial charge in [-0.1, -0.05) is 0 Å². The van der Waals surface area contributed by atoms with Crippen LogP contribution in [0.2, 0.25) is 0 Å². The molecule has 0 aliphatic carbocycles. The summed E-state index contributed by atoms with van der Waals surface area (Å²) in [5.41, 5.74) is 1.12. The molecule has 1 aromatic rings. The highest BCUT2D eigenvalue weighted by molar-refractivity contribution is 5.49. The van der Waals surface area contributed by atoms with Crippen LogP contribution in [0.1, 0.15) is 18.4 Å². The van der Waals surface area contributed by atoms with Gasteiger partial charge in [-0.25, -0.2) is 4.98 Å². The van der Waals surface area contributed by atoms with Gasteiger partial charge in [0.25, 0.3) is 0 Å². The topological polar surface area (TPSA) is 50.7 Å². The SMILES string of the molecule is Cc1cnc(N(C)C[C@@H]2CCOC2)nc1N(C)C[C@H]1CCOC1. The van der Waals surface area contributed by atoms with Crippen LogP contribution in [0, 0.1) is 18.8 Å². The Balaban J connectivity index is 1.67. The first-order chi connectivity index (χ1) is 11.1. The molecule has 2 saturated heterocycles. The molecule has 0 amide bonds. The number of aromatic nitrogens is 2. The molecule has 0 aromatic carbocycles. The van der Waals surface area contributed by atoms with E-state index < -0.39 is 0 Å². The van der Waals surface area contributed by atoms with E-state index in [2.05, 4.69) is 35.8 Å². The Morgan fingerprint density at radius 1 is 1.04 bits per heavy atom. The van der Waals surface area contributed by atoms with Crippen LogP contribution in [0.25, 0.3) is 0 Å². The van der Waals surface area contributed by atoms with Crippen molar-refractivity contribution >= 4 is 11.8 Å².